The van der Waals surface area contributed by atoms with E-state index in [9.17, 15) is 0 Å². The molecule has 1 aliphatic carbocycles. The molecule has 1 aliphatic heterocycles. The number of hydrogen-bond donors (Lipinski definition) is 3. The summed E-state index contributed by atoms with van der Waals surface area (Å²) in [7, 11) is 0. The molecule has 3 nitrogen and oxygen atoms in total. The molecule has 1 heterocycles. The van der Waals surface area contributed by atoms with Gasteiger partial charge in [-0.05, 0) is 30.2 Å². The number of hydrogen-bond acceptors (Lipinski definition) is 3. The molecule has 0 saturated heterocycles. The first-order chi connectivity index (χ1) is 7.72. The summed E-state index contributed by atoms with van der Waals surface area (Å²) in [4.78, 5) is 0. The maximum atomic E-state index is 7.69. The topological polar surface area (TPSA) is 61.9 Å². The summed E-state index contributed by atoms with van der Waals surface area (Å²) >= 11 is 0. The maximum Gasteiger partial charge on any atom is 0.0396 e. The Balaban J connectivity index is 1.96. The largest absolute Gasteiger partial charge is 0.399 e. The van der Waals surface area contributed by atoms with Gasteiger partial charge in [-0.2, -0.15) is 0 Å². The van der Waals surface area contributed by atoms with Gasteiger partial charge in [-0.3, -0.25) is 0 Å². The smallest absolute Gasteiger partial charge is 0.0396 e. The van der Waals surface area contributed by atoms with Gasteiger partial charge in [-0.15, -0.1) is 0 Å². The number of nitrogens with one attached hydrogen (secondary N) is 2. The maximum absolute atomic E-state index is 7.69. The molecule has 0 bridgehead atoms. The molecule has 0 amide bonds. The second kappa shape index (κ2) is 3.37. The lowest BCUT2D eigenvalue weighted by molar-refractivity contribution is 0.516. The van der Waals surface area contributed by atoms with E-state index in [1.54, 1.807) is 0 Å². The second-order valence-corrected chi connectivity index (χ2v) is 4.62. The molecule has 2 unspecified atom stereocenters. The van der Waals surface area contributed by atoms with Crippen molar-refractivity contribution < 1.29 is 0 Å². The van der Waals surface area contributed by atoms with Crippen LogP contribution >= 0.6 is 0 Å². The lowest BCUT2D eigenvalue weighted by atomic mass is 9.81. The number of fused-ring (bicyclic) bond motifs is 2. The van der Waals surface area contributed by atoms with E-state index in [2.05, 4.69) is 17.5 Å². The van der Waals surface area contributed by atoms with Gasteiger partial charge in [0.05, 0.1) is 0 Å². The Kier molecular flexibility index (Phi) is 1.99. The van der Waals surface area contributed by atoms with E-state index in [1.807, 2.05) is 18.2 Å². The Labute approximate surface area is 94.9 Å². The molecule has 16 heavy (non-hydrogen) atoms. The van der Waals surface area contributed by atoms with Crippen molar-refractivity contribution in [2.24, 2.45) is 5.92 Å². The predicted octanol–water partition coefficient (Wildman–Crippen LogP) is 2.20. The highest BCUT2D eigenvalue weighted by Crippen LogP contribution is 2.33. The van der Waals surface area contributed by atoms with Gasteiger partial charge in [-0.1, -0.05) is 12.1 Å². The average molecular weight is 213 g/mol. The molecular weight excluding hydrogens is 198 g/mol. The van der Waals surface area contributed by atoms with Crippen LogP contribution in [0.1, 0.15) is 12.0 Å². The number of benzene rings is 1. The summed E-state index contributed by atoms with van der Waals surface area (Å²) in [6.07, 6.45) is 5.96. The minimum absolute atomic E-state index is 0.367. The summed E-state index contributed by atoms with van der Waals surface area (Å²) in [5.74, 6) is 0.519. The van der Waals surface area contributed by atoms with Crippen molar-refractivity contribution in [3.63, 3.8) is 0 Å². The van der Waals surface area contributed by atoms with Crippen molar-refractivity contribution in [1.82, 2.24) is 0 Å². The zero-order chi connectivity index (χ0) is 11.1. The fraction of sp³-hybridized carbons (Fsp3) is 0.308. The third-order valence-corrected chi connectivity index (χ3v) is 3.43. The molecule has 3 rings (SSSR count). The minimum Gasteiger partial charge on any atom is -0.399 e. The molecule has 0 saturated carbocycles. The normalized spacial score (nSPS) is 26.9. The number of allylic oxidation sites excluding steroid dienone is 1. The molecule has 0 spiro atoms. The van der Waals surface area contributed by atoms with E-state index in [0.29, 0.717) is 17.7 Å². The van der Waals surface area contributed by atoms with Gasteiger partial charge < -0.3 is 16.5 Å². The van der Waals surface area contributed by atoms with Gasteiger partial charge in [0.15, 0.2) is 0 Å². The van der Waals surface area contributed by atoms with E-state index >= 15 is 0 Å². The van der Waals surface area contributed by atoms with Crippen LogP contribution in [0.4, 0.5) is 11.4 Å². The van der Waals surface area contributed by atoms with Gasteiger partial charge in [0.1, 0.15) is 0 Å². The SMILES string of the molecule is N=C1C=CC2Cc3ccc(N)cc3NC2C1. The highest BCUT2D eigenvalue weighted by atomic mass is 14.9. The van der Waals surface area contributed by atoms with Crippen molar-refractivity contribution in [3.8, 4) is 0 Å². The predicted molar refractivity (Wildman–Crippen MR) is 66.9 cm³/mol. The summed E-state index contributed by atoms with van der Waals surface area (Å²) in [5.41, 5.74) is 9.76. The number of anilines is 2. The lowest BCUT2D eigenvalue weighted by Gasteiger charge is -2.35. The van der Waals surface area contributed by atoms with Crippen LogP contribution in [0.2, 0.25) is 0 Å². The standard InChI is InChI=1S/C13H15N3/c14-10-3-1-8-5-9-2-4-11(15)7-13(9)16-12(8)6-10/h1-4,6,9,13,15-16H,5,7,14H2. The molecule has 1 aromatic rings. The quantitative estimate of drug-likeness (QED) is 0.578. The number of nitrogen functional groups attached to an aromatic ring is 1. The van der Waals surface area contributed by atoms with Crippen LogP contribution in [0.3, 0.4) is 0 Å². The average Bonchev–Trinajstić information content (AvgIpc) is 2.26. The van der Waals surface area contributed by atoms with Crippen LogP contribution in [0, 0.1) is 11.3 Å². The van der Waals surface area contributed by atoms with Crippen LogP contribution in [-0.2, 0) is 6.42 Å². The van der Waals surface area contributed by atoms with Crippen molar-refractivity contribution >= 4 is 17.1 Å². The fourth-order valence-corrected chi connectivity index (χ4v) is 2.56. The van der Waals surface area contributed by atoms with Crippen molar-refractivity contribution in [2.45, 2.75) is 18.9 Å². The van der Waals surface area contributed by atoms with Gasteiger partial charge in [-0.25, -0.2) is 0 Å². The molecule has 3 heteroatoms. The van der Waals surface area contributed by atoms with E-state index in [1.165, 1.54) is 5.56 Å². The molecule has 4 N–H and O–H groups in total. The first-order valence-corrected chi connectivity index (χ1v) is 5.63. The highest BCUT2D eigenvalue weighted by molar-refractivity contribution is 5.94. The van der Waals surface area contributed by atoms with Crippen molar-refractivity contribution in [3.05, 3.63) is 35.9 Å². The Bertz CT molecular complexity index is 476. The Morgan fingerprint density at radius 2 is 2.19 bits per heavy atom. The van der Waals surface area contributed by atoms with Gasteiger partial charge in [0.2, 0.25) is 0 Å². The van der Waals surface area contributed by atoms with Crippen LogP contribution in [0.5, 0.6) is 0 Å². The molecule has 0 fully saturated rings. The Morgan fingerprint density at radius 1 is 1.31 bits per heavy atom. The zero-order valence-electron chi connectivity index (χ0n) is 9.03. The summed E-state index contributed by atoms with van der Waals surface area (Å²) in [5, 5.41) is 11.2. The molecule has 2 atom stereocenters. The first-order valence-electron chi connectivity index (χ1n) is 5.63. The fourth-order valence-electron chi connectivity index (χ4n) is 2.56. The first kappa shape index (κ1) is 9.46. The van der Waals surface area contributed by atoms with Crippen LogP contribution < -0.4 is 11.1 Å². The number of nitrogens with two attached hydrogens (primary N) is 1. The Hall–Kier alpha value is -1.77. The monoisotopic (exact) mass is 213 g/mol. The van der Waals surface area contributed by atoms with E-state index in [0.717, 1.165) is 24.2 Å². The van der Waals surface area contributed by atoms with Crippen LogP contribution in [0.25, 0.3) is 0 Å². The molecule has 2 aliphatic rings. The van der Waals surface area contributed by atoms with Gasteiger partial charge in [0.25, 0.3) is 0 Å². The van der Waals surface area contributed by atoms with E-state index in [-0.39, 0.29) is 0 Å². The van der Waals surface area contributed by atoms with E-state index in [4.69, 9.17) is 11.1 Å². The molecule has 0 radical (unpaired) electrons. The molecule has 0 aromatic heterocycles. The van der Waals surface area contributed by atoms with Crippen molar-refractivity contribution in [1.29, 1.82) is 5.41 Å². The van der Waals surface area contributed by atoms with Gasteiger partial charge in [0, 0.05) is 35.5 Å². The van der Waals surface area contributed by atoms with Gasteiger partial charge >= 0.3 is 0 Å². The van der Waals surface area contributed by atoms with Crippen molar-refractivity contribution in [2.75, 3.05) is 11.1 Å². The van der Waals surface area contributed by atoms with Crippen LogP contribution in [0.15, 0.2) is 30.4 Å². The van der Waals surface area contributed by atoms with E-state index < -0.39 is 0 Å². The number of rotatable bonds is 0. The second-order valence-electron chi connectivity index (χ2n) is 4.62. The molecular formula is C13H15N3. The van der Waals surface area contributed by atoms with Crippen LogP contribution in [-0.4, -0.2) is 11.8 Å². The summed E-state index contributed by atoms with van der Waals surface area (Å²) in [6.45, 7) is 0. The molecule has 82 valence electrons. The lowest BCUT2D eigenvalue weighted by Crippen LogP contribution is -2.37. The molecule has 1 aromatic carbocycles. The zero-order valence-corrected chi connectivity index (χ0v) is 9.03. The minimum atomic E-state index is 0.367. The summed E-state index contributed by atoms with van der Waals surface area (Å²) in [6, 6.07) is 6.41. The third-order valence-electron chi connectivity index (χ3n) is 3.43. The Morgan fingerprint density at radius 3 is 3.06 bits per heavy atom. The highest BCUT2D eigenvalue weighted by Gasteiger charge is 2.29. The summed E-state index contributed by atoms with van der Waals surface area (Å²) < 4.78 is 0. The third kappa shape index (κ3) is 1.48.